The molecule has 0 amide bonds. The maximum Gasteiger partial charge on any atom is 0.149 e. The van der Waals surface area contributed by atoms with E-state index in [2.05, 4.69) is 5.32 Å². The highest BCUT2D eigenvalue weighted by atomic mass is 19.1. The van der Waals surface area contributed by atoms with Crippen molar-refractivity contribution in [3.8, 4) is 0 Å². The second-order valence-corrected chi connectivity index (χ2v) is 5.47. The number of hydrogen-bond acceptors (Lipinski definition) is 1. The van der Waals surface area contributed by atoms with Gasteiger partial charge in [-0.2, -0.15) is 0 Å². The fourth-order valence-electron chi connectivity index (χ4n) is 2.47. The van der Waals surface area contributed by atoms with Crippen molar-refractivity contribution in [2.45, 2.75) is 25.8 Å². The van der Waals surface area contributed by atoms with Gasteiger partial charge in [-0.25, -0.2) is 8.78 Å². The molecule has 104 valence electrons. The highest BCUT2D eigenvalue weighted by Crippen LogP contribution is 2.43. The van der Waals surface area contributed by atoms with E-state index in [4.69, 9.17) is 0 Å². The van der Waals surface area contributed by atoms with E-state index < -0.39 is 11.6 Å². The molecule has 0 aromatic heterocycles. The van der Waals surface area contributed by atoms with Crippen LogP contribution in [-0.2, 0) is 0 Å². The first kappa shape index (κ1) is 13.1. The zero-order valence-electron chi connectivity index (χ0n) is 11.4. The molecule has 1 aliphatic carbocycles. The summed E-state index contributed by atoms with van der Waals surface area (Å²) in [5.41, 5.74) is 2.24. The van der Waals surface area contributed by atoms with Gasteiger partial charge in [-0.05, 0) is 43.4 Å². The standard InChI is InChI=1S/C17H17F2N/c1-11-5-7-12(8-6-11)16(13-9-10-13)20-17-14(18)3-2-4-15(17)19/h2-8,13,16,20H,9-10H2,1H3. The number of rotatable bonds is 4. The van der Waals surface area contributed by atoms with Crippen LogP contribution in [-0.4, -0.2) is 0 Å². The maximum absolute atomic E-state index is 13.8. The Morgan fingerprint density at radius 1 is 1.00 bits per heavy atom. The van der Waals surface area contributed by atoms with Gasteiger partial charge in [-0.15, -0.1) is 0 Å². The number of hydrogen-bond donors (Lipinski definition) is 1. The molecule has 1 aliphatic rings. The maximum atomic E-state index is 13.8. The van der Waals surface area contributed by atoms with E-state index in [1.165, 1.54) is 23.8 Å². The van der Waals surface area contributed by atoms with E-state index in [0.29, 0.717) is 5.92 Å². The Bertz CT molecular complexity index is 583. The van der Waals surface area contributed by atoms with Crippen molar-refractivity contribution < 1.29 is 8.78 Å². The van der Waals surface area contributed by atoms with E-state index in [1.54, 1.807) is 0 Å². The summed E-state index contributed by atoms with van der Waals surface area (Å²) in [6.07, 6.45) is 2.20. The lowest BCUT2D eigenvalue weighted by Gasteiger charge is -2.21. The second kappa shape index (κ2) is 5.23. The third-order valence-electron chi connectivity index (χ3n) is 3.79. The molecule has 0 aliphatic heterocycles. The zero-order valence-corrected chi connectivity index (χ0v) is 11.4. The predicted molar refractivity (Wildman–Crippen MR) is 76.6 cm³/mol. The lowest BCUT2D eigenvalue weighted by molar-refractivity contribution is 0.575. The van der Waals surface area contributed by atoms with Gasteiger partial charge in [0.25, 0.3) is 0 Å². The molecule has 1 unspecified atom stereocenters. The fourth-order valence-corrected chi connectivity index (χ4v) is 2.47. The minimum atomic E-state index is -0.539. The molecule has 1 saturated carbocycles. The molecular weight excluding hydrogens is 256 g/mol. The summed E-state index contributed by atoms with van der Waals surface area (Å²) in [5.74, 6) is -0.623. The van der Waals surface area contributed by atoms with Gasteiger partial charge in [0.05, 0.1) is 6.04 Å². The summed E-state index contributed by atoms with van der Waals surface area (Å²) >= 11 is 0. The fraction of sp³-hybridized carbons (Fsp3) is 0.294. The van der Waals surface area contributed by atoms with Crippen molar-refractivity contribution in [1.82, 2.24) is 0 Å². The summed E-state index contributed by atoms with van der Waals surface area (Å²) in [6, 6.07) is 12.0. The van der Waals surface area contributed by atoms with Crippen molar-refractivity contribution in [2.24, 2.45) is 5.92 Å². The molecule has 1 N–H and O–H groups in total. The molecule has 0 bridgehead atoms. The van der Waals surface area contributed by atoms with E-state index in [9.17, 15) is 8.78 Å². The van der Waals surface area contributed by atoms with Crippen LogP contribution < -0.4 is 5.32 Å². The molecule has 2 aromatic carbocycles. The predicted octanol–water partition coefficient (Wildman–Crippen LogP) is 4.84. The first-order chi connectivity index (χ1) is 9.65. The van der Waals surface area contributed by atoms with Crippen molar-refractivity contribution in [3.05, 3.63) is 65.2 Å². The van der Waals surface area contributed by atoms with E-state index in [1.807, 2.05) is 31.2 Å². The largest absolute Gasteiger partial charge is 0.373 e. The third-order valence-corrected chi connectivity index (χ3v) is 3.79. The lowest BCUT2D eigenvalue weighted by Crippen LogP contribution is -2.15. The molecule has 1 nitrogen and oxygen atoms in total. The molecular formula is C17H17F2N. The number of benzene rings is 2. The Balaban J connectivity index is 1.90. The Labute approximate surface area is 117 Å². The average Bonchev–Trinajstić information content (AvgIpc) is 3.24. The summed E-state index contributed by atoms with van der Waals surface area (Å²) in [4.78, 5) is 0. The number of halogens is 2. The van der Waals surface area contributed by atoms with Gasteiger partial charge >= 0.3 is 0 Å². The van der Waals surface area contributed by atoms with Gasteiger partial charge in [0.2, 0.25) is 0 Å². The quantitative estimate of drug-likeness (QED) is 0.840. The number of aryl methyl sites for hydroxylation is 1. The molecule has 20 heavy (non-hydrogen) atoms. The summed E-state index contributed by atoms with van der Waals surface area (Å²) in [5, 5.41) is 3.06. The van der Waals surface area contributed by atoms with Crippen molar-refractivity contribution in [3.63, 3.8) is 0 Å². The highest BCUT2D eigenvalue weighted by molar-refractivity contribution is 5.49. The van der Waals surface area contributed by atoms with E-state index >= 15 is 0 Å². The van der Waals surface area contributed by atoms with Crippen LogP contribution in [0.3, 0.4) is 0 Å². The van der Waals surface area contributed by atoms with Crippen molar-refractivity contribution in [2.75, 3.05) is 5.32 Å². The molecule has 0 radical (unpaired) electrons. The van der Waals surface area contributed by atoms with Crippen LogP contribution in [0.2, 0.25) is 0 Å². The van der Waals surface area contributed by atoms with Gasteiger partial charge in [0.1, 0.15) is 17.3 Å². The Kier molecular flexibility index (Phi) is 3.43. The molecule has 1 fully saturated rings. The number of para-hydroxylation sites is 1. The highest BCUT2D eigenvalue weighted by Gasteiger charge is 2.33. The topological polar surface area (TPSA) is 12.0 Å². The third kappa shape index (κ3) is 2.67. The molecule has 3 heteroatoms. The Morgan fingerprint density at radius 3 is 2.15 bits per heavy atom. The van der Waals surface area contributed by atoms with Crippen LogP contribution >= 0.6 is 0 Å². The molecule has 1 atom stereocenters. The smallest absolute Gasteiger partial charge is 0.149 e. The molecule has 2 aromatic rings. The lowest BCUT2D eigenvalue weighted by atomic mass is 10.0. The van der Waals surface area contributed by atoms with Gasteiger partial charge < -0.3 is 5.32 Å². The van der Waals surface area contributed by atoms with Crippen LogP contribution in [0, 0.1) is 24.5 Å². The summed E-state index contributed by atoms with van der Waals surface area (Å²) in [7, 11) is 0. The summed E-state index contributed by atoms with van der Waals surface area (Å²) < 4.78 is 27.5. The van der Waals surface area contributed by atoms with E-state index in [0.717, 1.165) is 18.4 Å². The van der Waals surface area contributed by atoms with Gasteiger partial charge in [0, 0.05) is 0 Å². The van der Waals surface area contributed by atoms with Crippen molar-refractivity contribution >= 4 is 5.69 Å². The van der Waals surface area contributed by atoms with Crippen LogP contribution in [0.4, 0.5) is 14.5 Å². The normalized spacial score (nSPS) is 15.9. The van der Waals surface area contributed by atoms with E-state index in [-0.39, 0.29) is 11.7 Å². The Hall–Kier alpha value is -1.90. The van der Waals surface area contributed by atoms with Gasteiger partial charge in [-0.3, -0.25) is 0 Å². The molecule has 0 heterocycles. The minimum Gasteiger partial charge on any atom is -0.373 e. The SMILES string of the molecule is Cc1ccc(C(Nc2c(F)cccc2F)C2CC2)cc1. The van der Waals surface area contributed by atoms with Crippen molar-refractivity contribution in [1.29, 1.82) is 0 Å². The number of nitrogens with one attached hydrogen (secondary N) is 1. The monoisotopic (exact) mass is 273 g/mol. The van der Waals surface area contributed by atoms with Crippen LogP contribution in [0.25, 0.3) is 0 Å². The Morgan fingerprint density at radius 2 is 1.60 bits per heavy atom. The number of anilines is 1. The van der Waals surface area contributed by atoms with Gasteiger partial charge in [0.15, 0.2) is 0 Å². The summed E-state index contributed by atoms with van der Waals surface area (Å²) in [6.45, 7) is 2.03. The minimum absolute atomic E-state index is 0.0232. The first-order valence-corrected chi connectivity index (χ1v) is 6.92. The van der Waals surface area contributed by atoms with Crippen LogP contribution in [0.1, 0.15) is 30.0 Å². The molecule has 0 saturated heterocycles. The van der Waals surface area contributed by atoms with Crippen LogP contribution in [0.15, 0.2) is 42.5 Å². The molecule has 0 spiro atoms. The zero-order chi connectivity index (χ0) is 14.1. The first-order valence-electron chi connectivity index (χ1n) is 6.92. The van der Waals surface area contributed by atoms with Crippen LogP contribution in [0.5, 0.6) is 0 Å². The second-order valence-electron chi connectivity index (χ2n) is 5.47. The van der Waals surface area contributed by atoms with Gasteiger partial charge in [-0.1, -0.05) is 35.9 Å². The molecule has 3 rings (SSSR count). The average molecular weight is 273 g/mol.